The van der Waals surface area contributed by atoms with Gasteiger partial charge in [-0.3, -0.25) is 9.59 Å². The zero-order valence-electron chi connectivity index (χ0n) is 11.4. The van der Waals surface area contributed by atoms with Crippen molar-refractivity contribution >= 4 is 17.0 Å². The van der Waals surface area contributed by atoms with Gasteiger partial charge in [-0.15, -0.1) is 0 Å². The number of ether oxygens (including phenoxy) is 1. The van der Waals surface area contributed by atoms with Crippen molar-refractivity contribution in [3.05, 3.63) is 28.0 Å². The van der Waals surface area contributed by atoms with Crippen molar-refractivity contribution in [3.8, 4) is 0 Å². The van der Waals surface area contributed by atoms with E-state index in [-0.39, 0.29) is 22.6 Å². The van der Waals surface area contributed by atoms with Crippen LogP contribution in [0.1, 0.15) is 16.1 Å². The van der Waals surface area contributed by atoms with Crippen LogP contribution in [0.25, 0.3) is 11.1 Å². The summed E-state index contributed by atoms with van der Waals surface area (Å²) in [5.41, 5.74) is 0.251. The molecular weight excluding hydrogens is 262 g/mol. The fourth-order valence-electron chi connectivity index (χ4n) is 2.37. The predicted octanol–water partition coefficient (Wildman–Crippen LogP) is 0.307. The molecule has 3 rings (SSSR count). The smallest absolute Gasteiger partial charge is 0.265 e. The minimum absolute atomic E-state index is 0.199. The lowest BCUT2D eigenvalue weighted by Crippen LogP contribution is -2.41. The number of aromatic nitrogens is 2. The first kappa shape index (κ1) is 12.9. The first-order valence-electron chi connectivity index (χ1n) is 6.41. The average molecular weight is 277 g/mol. The third-order valence-electron chi connectivity index (χ3n) is 3.46. The summed E-state index contributed by atoms with van der Waals surface area (Å²) < 4.78 is 12.0. The maximum absolute atomic E-state index is 12.6. The third kappa shape index (κ3) is 1.90. The molecule has 1 fully saturated rings. The molecule has 0 bridgehead atoms. The molecule has 0 atom stereocenters. The van der Waals surface area contributed by atoms with Gasteiger partial charge in [0.2, 0.25) is 5.71 Å². The molecule has 0 aromatic carbocycles. The average Bonchev–Trinajstić information content (AvgIpc) is 2.80. The molecule has 3 heterocycles. The Balaban J connectivity index is 2.15. The number of nitrogens with zero attached hydrogens (tertiary/aromatic N) is 3. The lowest BCUT2D eigenvalue weighted by Gasteiger charge is -2.26. The van der Waals surface area contributed by atoms with E-state index in [0.717, 1.165) is 0 Å². The molecule has 1 saturated heterocycles. The summed E-state index contributed by atoms with van der Waals surface area (Å²) in [6.45, 7) is 3.74. The fourth-order valence-corrected chi connectivity index (χ4v) is 2.37. The molecule has 2 aromatic heterocycles. The first-order chi connectivity index (χ1) is 9.59. The number of morpholine rings is 1. The number of amides is 1. The summed E-state index contributed by atoms with van der Waals surface area (Å²) in [6.07, 6.45) is 1.39. The number of rotatable bonds is 1. The molecule has 20 heavy (non-hydrogen) atoms. The largest absolute Gasteiger partial charge is 0.442 e. The summed E-state index contributed by atoms with van der Waals surface area (Å²) >= 11 is 0. The highest BCUT2D eigenvalue weighted by Crippen LogP contribution is 2.22. The van der Waals surface area contributed by atoms with E-state index in [9.17, 15) is 9.59 Å². The molecule has 0 radical (unpaired) electrons. The Bertz CT molecular complexity index is 725. The van der Waals surface area contributed by atoms with Crippen LogP contribution in [0.2, 0.25) is 0 Å². The summed E-state index contributed by atoms with van der Waals surface area (Å²) in [4.78, 5) is 30.5. The van der Waals surface area contributed by atoms with E-state index in [1.807, 2.05) is 0 Å². The van der Waals surface area contributed by atoms with Crippen molar-refractivity contribution in [1.82, 2.24) is 14.5 Å². The van der Waals surface area contributed by atoms with Gasteiger partial charge in [-0.2, -0.15) is 0 Å². The van der Waals surface area contributed by atoms with Crippen molar-refractivity contribution in [1.29, 1.82) is 0 Å². The highest BCUT2D eigenvalue weighted by molar-refractivity contribution is 6.06. The van der Waals surface area contributed by atoms with Crippen molar-refractivity contribution in [2.75, 3.05) is 26.3 Å². The Morgan fingerprint density at radius 2 is 2.05 bits per heavy atom. The van der Waals surface area contributed by atoms with Gasteiger partial charge in [-0.1, -0.05) is 0 Å². The van der Waals surface area contributed by atoms with Gasteiger partial charge in [-0.05, 0) is 6.92 Å². The summed E-state index contributed by atoms with van der Waals surface area (Å²) in [5, 5.41) is 0.254. The van der Waals surface area contributed by atoms with Gasteiger partial charge in [-0.25, -0.2) is 4.98 Å². The second kappa shape index (κ2) is 4.75. The fraction of sp³-hybridized carbons (Fsp3) is 0.462. The van der Waals surface area contributed by atoms with Crippen LogP contribution in [0.5, 0.6) is 0 Å². The molecule has 0 unspecified atom stereocenters. The van der Waals surface area contributed by atoms with Gasteiger partial charge in [0.15, 0.2) is 0 Å². The Hall–Kier alpha value is -2.15. The molecule has 1 aliphatic heterocycles. The summed E-state index contributed by atoms with van der Waals surface area (Å²) in [7, 11) is 1.60. The normalized spacial score (nSPS) is 15.8. The number of carbonyl (C=O) groups excluding carboxylic acids is 1. The number of carbonyl (C=O) groups is 1. The van der Waals surface area contributed by atoms with E-state index in [2.05, 4.69) is 4.98 Å². The molecule has 0 N–H and O–H groups in total. The molecule has 0 aliphatic carbocycles. The van der Waals surface area contributed by atoms with E-state index >= 15 is 0 Å². The maximum Gasteiger partial charge on any atom is 0.265 e. The highest BCUT2D eigenvalue weighted by Gasteiger charge is 2.27. The van der Waals surface area contributed by atoms with Crippen molar-refractivity contribution in [2.45, 2.75) is 6.92 Å². The van der Waals surface area contributed by atoms with Gasteiger partial charge in [0.1, 0.15) is 17.5 Å². The standard InChI is InChI=1S/C13H15N3O4/c1-8-9(13(18)16-3-5-19-6-4-16)10-11(20-8)14-7-15(2)12(10)17/h7H,3-6H2,1-2H3. The van der Waals surface area contributed by atoms with Gasteiger partial charge in [0.05, 0.1) is 18.8 Å². The highest BCUT2D eigenvalue weighted by atomic mass is 16.5. The summed E-state index contributed by atoms with van der Waals surface area (Å²) in [6, 6.07) is 0. The first-order valence-corrected chi connectivity index (χ1v) is 6.41. The topological polar surface area (TPSA) is 77.6 Å². The number of furan rings is 1. The summed E-state index contributed by atoms with van der Waals surface area (Å²) in [5.74, 6) is 0.224. The SMILES string of the molecule is Cc1oc2ncn(C)c(=O)c2c1C(=O)N1CCOCC1. The second-order valence-electron chi connectivity index (χ2n) is 4.78. The van der Waals surface area contributed by atoms with Crippen LogP contribution in [-0.2, 0) is 11.8 Å². The van der Waals surface area contributed by atoms with Crippen molar-refractivity contribution < 1.29 is 13.9 Å². The second-order valence-corrected chi connectivity index (χ2v) is 4.78. The number of hydrogen-bond donors (Lipinski definition) is 0. The van der Waals surface area contributed by atoms with Crippen LogP contribution in [0.4, 0.5) is 0 Å². The number of fused-ring (bicyclic) bond motifs is 1. The van der Waals surface area contributed by atoms with E-state index in [1.54, 1.807) is 18.9 Å². The van der Waals surface area contributed by atoms with Crippen molar-refractivity contribution in [2.24, 2.45) is 7.05 Å². The monoisotopic (exact) mass is 277 g/mol. The van der Waals surface area contributed by atoms with E-state index in [0.29, 0.717) is 37.6 Å². The van der Waals surface area contributed by atoms with Crippen LogP contribution in [0.3, 0.4) is 0 Å². The zero-order chi connectivity index (χ0) is 14.3. The van der Waals surface area contributed by atoms with Gasteiger partial charge in [0.25, 0.3) is 11.5 Å². The lowest BCUT2D eigenvalue weighted by atomic mass is 10.1. The molecule has 0 saturated carbocycles. The molecule has 0 spiro atoms. The van der Waals surface area contributed by atoms with Crippen LogP contribution < -0.4 is 5.56 Å². The minimum atomic E-state index is -0.275. The zero-order valence-corrected chi connectivity index (χ0v) is 11.4. The van der Waals surface area contributed by atoms with E-state index in [1.165, 1.54) is 10.9 Å². The molecule has 106 valence electrons. The van der Waals surface area contributed by atoms with Gasteiger partial charge in [0, 0.05) is 20.1 Å². The Kier molecular flexibility index (Phi) is 3.06. The minimum Gasteiger partial charge on any atom is -0.442 e. The maximum atomic E-state index is 12.6. The quantitative estimate of drug-likeness (QED) is 0.749. The Morgan fingerprint density at radius 1 is 1.35 bits per heavy atom. The lowest BCUT2D eigenvalue weighted by molar-refractivity contribution is 0.0303. The van der Waals surface area contributed by atoms with Gasteiger partial charge >= 0.3 is 0 Å². The molecule has 1 amide bonds. The number of aryl methyl sites for hydroxylation is 2. The molecule has 2 aromatic rings. The third-order valence-corrected chi connectivity index (χ3v) is 3.46. The molecular formula is C13H15N3O4. The Morgan fingerprint density at radius 3 is 2.75 bits per heavy atom. The predicted molar refractivity (Wildman–Crippen MR) is 70.7 cm³/mol. The van der Waals surface area contributed by atoms with E-state index in [4.69, 9.17) is 9.15 Å². The van der Waals surface area contributed by atoms with Crippen molar-refractivity contribution in [3.63, 3.8) is 0 Å². The van der Waals surface area contributed by atoms with Crippen LogP contribution in [0, 0.1) is 6.92 Å². The molecule has 7 heteroatoms. The Labute approximate surface area is 114 Å². The van der Waals surface area contributed by atoms with Crippen LogP contribution in [-0.4, -0.2) is 46.7 Å². The number of hydrogen-bond acceptors (Lipinski definition) is 5. The van der Waals surface area contributed by atoms with E-state index < -0.39 is 0 Å². The van der Waals surface area contributed by atoms with Crippen LogP contribution >= 0.6 is 0 Å². The molecule has 1 aliphatic rings. The van der Waals surface area contributed by atoms with Gasteiger partial charge < -0.3 is 18.6 Å². The van der Waals surface area contributed by atoms with Crippen LogP contribution in [0.15, 0.2) is 15.5 Å². The molecule has 7 nitrogen and oxygen atoms in total.